The van der Waals surface area contributed by atoms with Crippen LogP contribution in [0, 0.1) is 11.3 Å². The first kappa shape index (κ1) is 19.2. The predicted molar refractivity (Wildman–Crippen MR) is 102 cm³/mol. The van der Waals surface area contributed by atoms with Gasteiger partial charge in [0.05, 0.1) is 25.5 Å². The quantitative estimate of drug-likeness (QED) is 0.613. The summed E-state index contributed by atoms with van der Waals surface area (Å²) in [5.41, 5.74) is -0.133. The highest BCUT2D eigenvalue weighted by atomic mass is 16.5. The van der Waals surface area contributed by atoms with Gasteiger partial charge in [-0.1, -0.05) is 6.92 Å². The molecule has 146 valence electrons. The van der Waals surface area contributed by atoms with E-state index in [0.29, 0.717) is 18.5 Å². The number of hydrogen-bond donors (Lipinski definition) is 2. The van der Waals surface area contributed by atoms with Crippen LogP contribution in [0.2, 0.25) is 0 Å². The average molecular weight is 364 g/mol. The lowest BCUT2D eigenvalue weighted by atomic mass is 9.81. The van der Waals surface area contributed by atoms with Crippen molar-refractivity contribution >= 4 is 5.96 Å². The van der Waals surface area contributed by atoms with Crippen molar-refractivity contribution in [2.24, 2.45) is 16.3 Å². The monoisotopic (exact) mass is 363 g/mol. The van der Waals surface area contributed by atoms with Crippen molar-refractivity contribution in [2.75, 3.05) is 46.0 Å². The molecule has 0 amide bonds. The number of ether oxygens (including phenoxy) is 1. The number of imidazole rings is 1. The second kappa shape index (κ2) is 8.86. The van der Waals surface area contributed by atoms with E-state index in [1.54, 1.807) is 0 Å². The number of likely N-dealkylation sites (tertiary alicyclic amines) is 1. The normalized spacial score (nSPS) is 26.7. The molecule has 7 heteroatoms. The van der Waals surface area contributed by atoms with Crippen molar-refractivity contribution < 1.29 is 9.84 Å². The summed E-state index contributed by atoms with van der Waals surface area (Å²) in [5, 5.41) is 13.4. The van der Waals surface area contributed by atoms with Crippen molar-refractivity contribution in [3.05, 3.63) is 18.7 Å². The van der Waals surface area contributed by atoms with Crippen molar-refractivity contribution in [3.63, 3.8) is 0 Å². The van der Waals surface area contributed by atoms with Gasteiger partial charge in [0.1, 0.15) is 0 Å². The lowest BCUT2D eigenvalue weighted by molar-refractivity contribution is -0.0107. The van der Waals surface area contributed by atoms with Gasteiger partial charge in [0.15, 0.2) is 5.96 Å². The van der Waals surface area contributed by atoms with E-state index in [1.807, 2.05) is 12.5 Å². The number of guanidine groups is 1. The molecule has 0 bridgehead atoms. The topological polar surface area (TPSA) is 74.9 Å². The van der Waals surface area contributed by atoms with E-state index in [9.17, 15) is 5.11 Å². The van der Waals surface area contributed by atoms with Crippen LogP contribution in [0.5, 0.6) is 0 Å². The van der Waals surface area contributed by atoms with Crippen LogP contribution in [0.1, 0.15) is 39.2 Å². The maximum absolute atomic E-state index is 9.93. The summed E-state index contributed by atoms with van der Waals surface area (Å²) in [6.45, 7) is 9.46. The van der Waals surface area contributed by atoms with E-state index in [2.05, 4.69) is 39.8 Å². The third-order valence-electron chi connectivity index (χ3n) is 5.91. The summed E-state index contributed by atoms with van der Waals surface area (Å²) in [5.74, 6) is 1.58. The molecule has 2 aliphatic heterocycles. The summed E-state index contributed by atoms with van der Waals surface area (Å²) in [7, 11) is 0. The molecule has 2 unspecified atom stereocenters. The molecule has 2 N–H and O–H groups in total. The Morgan fingerprint density at radius 2 is 2.23 bits per heavy atom. The van der Waals surface area contributed by atoms with Crippen LogP contribution in [-0.2, 0) is 4.74 Å². The minimum atomic E-state index is -0.133. The van der Waals surface area contributed by atoms with Crippen LogP contribution in [0.3, 0.4) is 0 Å². The number of rotatable bonds is 5. The first-order valence-corrected chi connectivity index (χ1v) is 9.87. The second-order valence-electron chi connectivity index (χ2n) is 7.73. The summed E-state index contributed by atoms with van der Waals surface area (Å²) in [6.07, 6.45) is 8.70. The zero-order valence-electron chi connectivity index (χ0n) is 16.1. The van der Waals surface area contributed by atoms with E-state index in [0.717, 1.165) is 58.1 Å². The molecule has 0 spiro atoms. The minimum absolute atomic E-state index is 0.133. The lowest BCUT2D eigenvalue weighted by Crippen LogP contribution is -2.49. The average Bonchev–Trinajstić information content (AvgIpc) is 3.21. The number of hydrogen-bond acceptors (Lipinski definition) is 4. The predicted octanol–water partition coefficient (Wildman–Crippen LogP) is 1.52. The zero-order valence-corrected chi connectivity index (χ0v) is 16.1. The molecule has 3 rings (SSSR count). The fourth-order valence-electron chi connectivity index (χ4n) is 3.93. The molecule has 2 saturated heterocycles. The molecular formula is C19H33N5O2. The van der Waals surface area contributed by atoms with Gasteiger partial charge in [0.2, 0.25) is 0 Å². The Kier molecular flexibility index (Phi) is 6.53. The number of nitrogens with one attached hydrogen (secondary N) is 1. The molecule has 7 nitrogen and oxygen atoms in total. The summed E-state index contributed by atoms with van der Waals surface area (Å²) >= 11 is 0. The standard InChI is InChI=1S/C19H33N5O2/c1-3-21-18(22-13-19(14-25)5-10-26-11-6-19)23-8-4-16(2)17(12-23)24-9-7-20-15-24/h7,9,15-17,25H,3-6,8,10-14H2,1-2H3,(H,21,22). The molecule has 2 atom stereocenters. The molecule has 0 radical (unpaired) electrons. The third-order valence-corrected chi connectivity index (χ3v) is 5.91. The number of aliphatic imine (C=N–C) groups is 1. The van der Waals surface area contributed by atoms with Crippen molar-refractivity contribution in [3.8, 4) is 0 Å². The van der Waals surface area contributed by atoms with Gasteiger partial charge in [-0.05, 0) is 32.1 Å². The Labute approximate surface area is 156 Å². The van der Waals surface area contributed by atoms with Crippen LogP contribution in [0.15, 0.2) is 23.7 Å². The molecule has 1 aromatic heterocycles. The minimum Gasteiger partial charge on any atom is -0.396 e. The van der Waals surface area contributed by atoms with E-state index < -0.39 is 0 Å². The molecule has 26 heavy (non-hydrogen) atoms. The van der Waals surface area contributed by atoms with Gasteiger partial charge in [0.25, 0.3) is 0 Å². The maximum Gasteiger partial charge on any atom is 0.194 e. The molecule has 0 aliphatic carbocycles. The van der Waals surface area contributed by atoms with E-state index >= 15 is 0 Å². The molecule has 1 aromatic rings. The van der Waals surface area contributed by atoms with E-state index in [-0.39, 0.29) is 12.0 Å². The van der Waals surface area contributed by atoms with Crippen LogP contribution >= 0.6 is 0 Å². The Morgan fingerprint density at radius 1 is 1.42 bits per heavy atom. The Morgan fingerprint density at radius 3 is 2.88 bits per heavy atom. The molecule has 2 aliphatic rings. The third kappa shape index (κ3) is 4.38. The lowest BCUT2D eigenvalue weighted by Gasteiger charge is -2.40. The first-order valence-electron chi connectivity index (χ1n) is 9.87. The van der Waals surface area contributed by atoms with Gasteiger partial charge in [0, 0.05) is 50.7 Å². The summed E-state index contributed by atoms with van der Waals surface area (Å²) < 4.78 is 7.69. The van der Waals surface area contributed by atoms with Crippen LogP contribution in [0.25, 0.3) is 0 Å². The number of aliphatic hydroxyl groups excluding tert-OH is 1. The molecule has 0 aromatic carbocycles. The van der Waals surface area contributed by atoms with Gasteiger partial charge in [-0.3, -0.25) is 4.99 Å². The second-order valence-corrected chi connectivity index (χ2v) is 7.73. The molecule has 3 heterocycles. The van der Waals surface area contributed by atoms with Crippen molar-refractivity contribution in [2.45, 2.75) is 39.2 Å². The summed E-state index contributed by atoms with van der Waals surface area (Å²) in [4.78, 5) is 11.5. The highest BCUT2D eigenvalue weighted by molar-refractivity contribution is 5.80. The van der Waals surface area contributed by atoms with Gasteiger partial charge >= 0.3 is 0 Å². The van der Waals surface area contributed by atoms with Crippen molar-refractivity contribution in [1.29, 1.82) is 0 Å². The Bertz CT molecular complexity index is 568. The molecule has 2 fully saturated rings. The fourth-order valence-corrected chi connectivity index (χ4v) is 3.93. The first-order chi connectivity index (χ1) is 12.7. The van der Waals surface area contributed by atoms with Gasteiger partial charge in [-0.2, -0.15) is 0 Å². The number of aromatic nitrogens is 2. The molecular weight excluding hydrogens is 330 g/mol. The van der Waals surface area contributed by atoms with E-state index in [1.165, 1.54) is 0 Å². The zero-order chi connectivity index (χ0) is 18.4. The van der Waals surface area contributed by atoms with Crippen LogP contribution < -0.4 is 5.32 Å². The largest absolute Gasteiger partial charge is 0.396 e. The highest BCUT2D eigenvalue weighted by Gasteiger charge is 2.33. The Balaban J connectivity index is 1.72. The van der Waals surface area contributed by atoms with Crippen LogP contribution in [-0.4, -0.2) is 71.5 Å². The maximum atomic E-state index is 9.93. The highest BCUT2D eigenvalue weighted by Crippen LogP contribution is 2.31. The summed E-state index contributed by atoms with van der Waals surface area (Å²) in [6, 6.07) is 0.407. The van der Waals surface area contributed by atoms with E-state index in [4.69, 9.17) is 9.73 Å². The van der Waals surface area contributed by atoms with Gasteiger partial charge in [-0.25, -0.2) is 4.98 Å². The van der Waals surface area contributed by atoms with Gasteiger partial charge < -0.3 is 24.6 Å². The van der Waals surface area contributed by atoms with Crippen LogP contribution in [0.4, 0.5) is 0 Å². The number of nitrogens with zero attached hydrogens (tertiary/aromatic N) is 4. The number of piperidine rings is 1. The van der Waals surface area contributed by atoms with Crippen molar-refractivity contribution in [1.82, 2.24) is 19.8 Å². The molecule has 0 saturated carbocycles. The Hall–Kier alpha value is -1.60. The number of aliphatic hydroxyl groups is 1. The smallest absolute Gasteiger partial charge is 0.194 e. The van der Waals surface area contributed by atoms with Gasteiger partial charge in [-0.15, -0.1) is 0 Å². The fraction of sp³-hybridized carbons (Fsp3) is 0.789. The SMILES string of the molecule is CCNC(=NCC1(CO)CCOCC1)N1CCC(C)C(n2ccnc2)C1.